The summed E-state index contributed by atoms with van der Waals surface area (Å²) in [6.07, 6.45) is 0.993. The van der Waals surface area contributed by atoms with Crippen LogP contribution in [0.1, 0.15) is 30.1 Å². The maximum absolute atomic E-state index is 12.0. The number of hydrogen-bond donors (Lipinski definition) is 2. The Bertz CT molecular complexity index is 583. The largest absolute Gasteiger partial charge is 0.494 e. The second-order valence-electron chi connectivity index (χ2n) is 4.25. The molecule has 0 aliphatic carbocycles. The summed E-state index contributed by atoms with van der Waals surface area (Å²) >= 11 is 1.24. The monoisotopic (exact) mass is 306 g/mol. The fourth-order valence-corrected chi connectivity index (χ4v) is 2.27. The van der Waals surface area contributed by atoms with Crippen molar-refractivity contribution in [3.63, 3.8) is 0 Å². The van der Waals surface area contributed by atoms with Gasteiger partial charge >= 0.3 is 0 Å². The molecule has 0 atom stereocenters. The predicted molar refractivity (Wildman–Crippen MR) is 84.3 cm³/mol. The lowest BCUT2D eigenvalue weighted by Gasteiger charge is -2.05. The average Bonchev–Trinajstić information content (AvgIpc) is 2.96. The minimum atomic E-state index is -0.263. The second-order valence-corrected chi connectivity index (χ2v) is 5.23. The average molecular weight is 306 g/mol. The van der Waals surface area contributed by atoms with Crippen LogP contribution in [0.2, 0.25) is 0 Å². The van der Waals surface area contributed by atoms with Crippen molar-refractivity contribution in [1.82, 2.24) is 10.2 Å². The van der Waals surface area contributed by atoms with Gasteiger partial charge in [-0.1, -0.05) is 18.3 Å². The van der Waals surface area contributed by atoms with E-state index in [1.165, 1.54) is 11.3 Å². The topological polar surface area (TPSA) is 76.1 Å². The van der Waals surface area contributed by atoms with Gasteiger partial charge in [0, 0.05) is 12.2 Å². The van der Waals surface area contributed by atoms with Gasteiger partial charge in [-0.2, -0.15) is 0 Å². The predicted octanol–water partition coefficient (Wildman–Crippen LogP) is 3.01. The highest BCUT2D eigenvalue weighted by molar-refractivity contribution is 7.17. The highest BCUT2D eigenvalue weighted by atomic mass is 32.1. The highest BCUT2D eigenvalue weighted by Gasteiger charge is 2.12. The van der Waals surface area contributed by atoms with E-state index in [-0.39, 0.29) is 5.91 Å². The molecule has 21 heavy (non-hydrogen) atoms. The quantitative estimate of drug-likeness (QED) is 0.822. The minimum Gasteiger partial charge on any atom is -0.494 e. The molecule has 0 fully saturated rings. The molecule has 0 bridgehead atoms. The molecule has 0 saturated heterocycles. The standard InChI is InChI=1S/C14H18N4O2S/c1-3-9-15-14-18-17-13(21-14)12(19)16-10-5-7-11(8-6-10)20-4-2/h5-8H,3-4,9H2,1-2H3,(H,15,18)(H,16,19). The summed E-state index contributed by atoms with van der Waals surface area (Å²) in [7, 11) is 0. The number of nitrogens with one attached hydrogen (secondary N) is 2. The van der Waals surface area contributed by atoms with Crippen LogP contribution in [-0.2, 0) is 0 Å². The Morgan fingerprint density at radius 2 is 2.00 bits per heavy atom. The Hall–Kier alpha value is -2.15. The molecular weight excluding hydrogens is 288 g/mol. The van der Waals surface area contributed by atoms with Crippen LogP contribution in [0.5, 0.6) is 5.75 Å². The van der Waals surface area contributed by atoms with Crippen molar-refractivity contribution in [3.05, 3.63) is 29.3 Å². The minimum absolute atomic E-state index is 0.263. The van der Waals surface area contributed by atoms with Crippen LogP contribution >= 0.6 is 11.3 Å². The first-order valence-corrected chi connectivity index (χ1v) is 7.66. The van der Waals surface area contributed by atoms with Crippen molar-refractivity contribution in [3.8, 4) is 5.75 Å². The Morgan fingerprint density at radius 3 is 2.67 bits per heavy atom. The molecule has 0 radical (unpaired) electrons. The number of hydrogen-bond acceptors (Lipinski definition) is 6. The number of carbonyl (C=O) groups is 1. The van der Waals surface area contributed by atoms with Gasteiger partial charge in [-0.15, -0.1) is 10.2 Å². The fourth-order valence-electron chi connectivity index (χ4n) is 1.60. The molecule has 1 aromatic heterocycles. The lowest BCUT2D eigenvalue weighted by molar-refractivity contribution is 0.102. The van der Waals surface area contributed by atoms with Crippen LogP contribution in [0.15, 0.2) is 24.3 Å². The van der Waals surface area contributed by atoms with Gasteiger partial charge in [-0.05, 0) is 37.6 Å². The van der Waals surface area contributed by atoms with Crippen LogP contribution in [0.4, 0.5) is 10.8 Å². The van der Waals surface area contributed by atoms with Crippen molar-refractivity contribution in [1.29, 1.82) is 0 Å². The first-order valence-electron chi connectivity index (χ1n) is 6.84. The van der Waals surface area contributed by atoms with E-state index in [2.05, 4.69) is 27.8 Å². The zero-order valence-corrected chi connectivity index (χ0v) is 12.9. The molecule has 0 saturated carbocycles. The van der Waals surface area contributed by atoms with Crippen LogP contribution in [0.3, 0.4) is 0 Å². The second kappa shape index (κ2) is 7.58. The zero-order chi connectivity index (χ0) is 15.1. The molecule has 112 valence electrons. The van der Waals surface area contributed by atoms with Crippen LogP contribution in [0, 0.1) is 0 Å². The molecule has 1 heterocycles. The lowest BCUT2D eigenvalue weighted by atomic mass is 10.3. The summed E-state index contributed by atoms with van der Waals surface area (Å²) in [5, 5.41) is 14.7. The number of aromatic nitrogens is 2. The van der Waals surface area contributed by atoms with Crippen molar-refractivity contribution < 1.29 is 9.53 Å². The van der Waals surface area contributed by atoms with Gasteiger partial charge < -0.3 is 15.4 Å². The molecule has 0 aliphatic heterocycles. The summed E-state index contributed by atoms with van der Waals surface area (Å²) in [5.74, 6) is 0.513. The highest BCUT2D eigenvalue weighted by Crippen LogP contribution is 2.19. The number of amides is 1. The Balaban J connectivity index is 1.95. The fraction of sp³-hybridized carbons (Fsp3) is 0.357. The molecule has 2 aromatic rings. The van der Waals surface area contributed by atoms with Gasteiger partial charge in [-0.3, -0.25) is 4.79 Å². The van der Waals surface area contributed by atoms with E-state index in [1.54, 1.807) is 12.1 Å². The first-order chi connectivity index (χ1) is 10.2. The SMILES string of the molecule is CCCNc1nnc(C(=O)Nc2ccc(OCC)cc2)s1. The zero-order valence-electron chi connectivity index (χ0n) is 12.0. The third kappa shape index (κ3) is 4.42. The van der Waals surface area contributed by atoms with Crippen molar-refractivity contribution >= 4 is 28.1 Å². The van der Waals surface area contributed by atoms with Gasteiger partial charge in [0.2, 0.25) is 10.1 Å². The summed E-state index contributed by atoms with van der Waals surface area (Å²) in [5.41, 5.74) is 0.696. The van der Waals surface area contributed by atoms with Crippen molar-refractivity contribution in [2.75, 3.05) is 23.8 Å². The number of anilines is 2. The molecule has 0 aliphatic rings. The summed E-state index contributed by atoms with van der Waals surface area (Å²) in [6, 6.07) is 7.21. The molecule has 1 aromatic carbocycles. The van der Waals surface area contributed by atoms with Crippen molar-refractivity contribution in [2.24, 2.45) is 0 Å². The molecule has 0 spiro atoms. The summed E-state index contributed by atoms with van der Waals surface area (Å²) in [4.78, 5) is 12.0. The van der Waals surface area contributed by atoms with Gasteiger partial charge in [0.1, 0.15) is 5.75 Å². The van der Waals surface area contributed by atoms with Crippen LogP contribution in [0.25, 0.3) is 0 Å². The smallest absolute Gasteiger partial charge is 0.286 e. The van der Waals surface area contributed by atoms with E-state index in [4.69, 9.17) is 4.74 Å². The summed E-state index contributed by atoms with van der Waals surface area (Å²) < 4.78 is 5.35. The van der Waals surface area contributed by atoms with Gasteiger partial charge in [0.05, 0.1) is 6.61 Å². The van der Waals surface area contributed by atoms with E-state index in [0.717, 1.165) is 18.7 Å². The molecule has 2 N–H and O–H groups in total. The Kier molecular flexibility index (Phi) is 5.51. The first kappa shape index (κ1) is 15.2. The normalized spacial score (nSPS) is 10.2. The third-order valence-corrected chi connectivity index (χ3v) is 3.45. The number of carbonyl (C=O) groups excluding carboxylic acids is 1. The molecule has 6 nitrogen and oxygen atoms in total. The lowest BCUT2D eigenvalue weighted by Crippen LogP contribution is -2.11. The van der Waals surface area contributed by atoms with Gasteiger partial charge in [-0.25, -0.2) is 0 Å². The van der Waals surface area contributed by atoms with Gasteiger partial charge in [0.15, 0.2) is 0 Å². The number of benzene rings is 1. The van der Waals surface area contributed by atoms with Gasteiger partial charge in [0.25, 0.3) is 5.91 Å². The van der Waals surface area contributed by atoms with E-state index < -0.39 is 0 Å². The van der Waals surface area contributed by atoms with E-state index in [0.29, 0.717) is 22.4 Å². The van der Waals surface area contributed by atoms with Crippen molar-refractivity contribution in [2.45, 2.75) is 20.3 Å². The van der Waals surface area contributed by atoms with E-state index in [1.807, 2.05) is 19.1 Å². The Morgan fingerprint density at radius 1 is 1.24 bits per heavy atom. The molecule has 1 amide bonds. The maximum atomic E-state index is 12.0. The molecule has 0 unspecified atom stereocenters. The third-order valence-electron chi connectivity index (χ3n) is 2.57. The molecule has 2 rings (SSSR count). The summed E-state index contributed by atoms with van der Waals surface area (Å²) in [6.45, 7) is 5.42. The number of ether oxygens (including phenoxy) is 1. The number of rotatable bonds is 7. The van der Waals surface area contributed by atoms with Crippen LogP contribution in [-0.4, -0.2) is 29.3 Å². The molecular formula is C14H18N4O2S. The molecule has 7 heteroatoms. The number of nitrogens with zero attached hydrogens (tertiary/aromatic N) is 2. The van der Waals surface area contributed by atoms with E-state index in [9.17, 15) is 4.79 Å². The van der Waals surface area contributed by atoms with E-state index >= 15 is 0 Å². The van der Waals surface area contributed by atoms with Crippen LogP contribution < -0.4 is 15.4 Å². The Labute approximate surface area is 127 Å². The maximum Gasteiger partial charge on any atom is 0.286 e.